The second-order valence-corrected chi connectivity index (χ2v) is 5.88. The van der Waals surface area contributed by atoms with E-state index >= 15 is 0 Å². The van der Waals surface area contributed by atoms with Gasteiger partial charge in [-0.3, -0.25) is 4.90 Å². The minimum Gasteiger partial charge on any atom is -0.478 e. The molecule has 114 valence electrons. The van der Waals surface area contributed by atoms with Crippen LogP contribution in [0.2, 0.25) is 0 Å². The van der Waals surface area contributed by atoms with Gasteiger partial charge in [0.2, 0.25) is 0 Å². The maximum atomic E-state index is 10.8. The molecular formula is C17H24N2O2. The monoisotopic (exact) mass is 288 g/mol. The van der Waals surface area contributed by atoms with E-state index < -0.39 is 5.97 Å². The number of carboxylic acid groups (broad SMARTS) is 1. The molecule has 0 bridgehead atoms. The summed E-state index contributed by atoms with van der Waals surface area (Å²) in [6.45, 7) is 7.52. The van der Waals surface area contributed by atoms with Crippen LogP contribution in [0.4, 0.5) is 5.69 Å². The number of allylic oxidation sites excluding steroid dienone is 1. The summed E-state index contributed by atoms with van der Waals surface area (Å²) in [7, 11) is 0. The number of nitrogens with one attached hydrogen (secondary N) is 1. The van der Waals surface area contributed by atoms with Gasteiger partial charge in [-0.2, -0.15) is 0 Å². The van der Waals surface area contributed by atoms with Gasteiger partial charge in [0.1, 0.15) is 0 Å². The molecule has 1 aromatic rings. The van der Waals surface area contributed by atoms with Gasteiger partial charge in [-0.25, -0.2) is 4.79 Å². The predicted octanol–water partition coefficient (Wildman–Crippen LogP) is 3.23. The lowest BCUT2D eigenvalue weighted by Crippen LogP contribution is -2.39. The third kappa shape index (κ3) is 4.90. The highest BCUT2D eigenvalue weighted by molar-refractivity contribution is 5.87. The highest BCUT2D eigenvalue weighted by atomic mass is 16.4. The van der Waals surface area contributed by atoms with E-state index in [0.717, 1.165) is 38.2 Å². The Morgan fingerprint density at radius 2 is 1.90 bits per heavy atom. The van der Waals surface area contributed by atoms with E-state index in [9.17, 15) is 4.79 Å². The highest BCUT2D eigenvalue weighted by Crippen LogP contribution is 2.17. The van der Waals surface area contributed by atoms with Gasteiger partial charge in [0, 0.05) is 31.4 Å². The van der Waals surface area contributed by atoms with E-state index in [0.29, 0.717) is 11.6 Å². The molecule has 0 radical (unpaired) electrons. The lowest BCUT2D eigenvalue weighted by atomic mass is 10.0. The Morgan fingerprint density at radius 3 is 2.43 bits per heavy atom. The molecular weight excluding hydrogens is 264 g/mol. The van der Waals surface area contributed by atoms with Crippen LogP contribution in [0, 0.1) is 0 Å². The molecule has 1 heterocycles. The third-order valence-electron chi connectivity index (χ3n) is 3.85. The number of hydrogen-bond donors (Lipinski definition) is 2. The average molecular weight is 288 g/mol. The fourth-order valence-electron chi connectivity index (χ4n) is 2.52. The molecule has 1 aliphatic rings. The van der Waals surface area contributed by atoms with Crippen molar-refractivity contribution in [2.24, 2.45) is 0 Å². The zero-order valence-electron chi connectivity index (χ0n) is 12.8. The maximum Gasteiger partial charge on any atom is 0.335 e. The summed E-state index contributed by atoms with van der Waals surface area (Å²) in [5.41, 5.74) is 2.70. The summed E-state index contributed by atoms with van der Waals surface area (Å²) in [5.74, 6) is -0.880. The fraction of sp³-hybridized carbons (Fsp3) is 0.471. The molecule has 0 aromatic heterocycles. The molecule has 0 atom stereocenters. The highest BCUT2D eigenvalue weighted by Gasteiger charge is 2.18. The largest absolute Gasteiger partial charge is 0.478 e. The standard InChI is InChI=1S/C17H24N2O2/c1-13(2)7-10-19-11-8-16(9-12-19)18-15-5-3-14(4-6-15)17(20)21/h3-7,16,18H,8-12H2,1-2H3,(H,20,21). The summed E-state index contributed by atoms with van der Waals surface area (Å²) in [6, 6.07) is 7.46. The van der Waals surface area contributed by atoms with Crippen molar-refractivity contribution in [3.8, 4) is 0 Å². The van der Waals surface area contributed by atoms with E-state index in [1.54, 1.807) is 12.1 Å². The van der Waals surface area contributed by atoms with Crippen molar-refractivity contribution in [1.82, 2.24) is 4.90 Å². The van der Waals surface area contributed by atoms with Crippen molar-refractivity contribution >= 4 is 11.7 Å². The van der Waals surface area contributed by atoms with Crippen LogP contribution < -0.4 is 5.32 Å². The topological polar surface area (TPSA) is 52.6 Å². The Balaban J connectivity index is 1.80. The smallest absolute Gasteiger partial charge is 0.335 e. The second kappa shape index (κ2) is 7.27. The number of aromatic carboxylic acids is 1. The minimum atomic E-state index is -0.880. The van der Waals surface area contributed by atoms with Crippen LogP contribution in [-0.2, 0) is 0 Å². The number of piperidine rings is 1. The van der Waals surface area contributed by atoms with Gasteiger partial charge in [-0.1, -0.05) is 11.6 Å². The minimum absolute atomic E-state index is 0.331. The lowest BCUT2D eigenvalue weighted by Gasteiger charge is -2.32. The van der Waals surface area contributed by atoms with Crippen molar-refractivity contribution in [3.05, 3.63) is 41.5 Å². The molecule has 1 aromatic carbocycles. The quantitative estimate of drug-likeness (QED) is 0.817. The number of hydrogen-bond acceptors (Lipinski definition) is 3. The van der Waals surface area contributed by atoms with Gasteiger partial charge >= 0.3 is 5.97 Å². The number of rotatable bonds is 5. The van der Waals surface area contributed by atoms with E-state index in [4.69, 9.17) is 5.11 Å². The molecule has 1 saturated heterocycles. The number of likely N-dealkylation sites (tertiary alicyclic amines) is 1. The summed E-state index contributed by atoms with van der Waals surface area (Å²) >= 11 is 0. The van der Waals surface area contributed by atoms with E-state index in [1.165, 1.54) is 5.57 Å². The molecule has 21 heavy (non-hydrogen) atoms. The fourth-order valence-corrected chi connectivity index (χ4v) is 2.52. The number of benzene rings is 1. The molecule has 1 fully saturated rings. The number of carbonyl (C=O) groups is 1. The van der Waals surface area contributed by atoms with Crippen LogP contribution >= 0.6 is 0 Å². The average Bonchev–Trinajstić information content (AvgIpc) is 2.47. The van der Waals surface area contributed by atoms with Crippen LogP contribution in [-0.4, -0.2) is 41.7 Å². The first-order valence-electron chi connectivity index (χ1n) is 7.50. The van der Waals surface area contributed by atoms with Gasteiger partial charge in [0.25, 0.3) is 0 Å². The van der Waals surface area contributed by atoms with Crippen LogP contribution in [0.3, 0.4) is 0 Å². The summed E-state index contributed by atoms with van der Waals surface area (Å²) in [4.78, 5) is 13.3. The Labute approximate surface area is 126 Å². The van der Waals surface area contributed by atoms with Gasteiger partial charge < -0.3 is 10.4 Å². The van der Waals surface area contributed by atoms with Gasteiger partial charge in [0.15, 0.2) is 0 Å². The molecule has 2 rings (SSSR count). The van der Waals surface area contributed by atoms with Gasteiger partial charge in [-0.15, -0.1) is 0 Å². The summed E-state index contributed by atoms with van der Waals surface area (Å²) < 4.78 is 0. The first-order valence-corrected chi connectivity index (χ1v) is 7.50. The van der Waals surface area contributed by atoms with Crippen molar-refractivity contribution in [2.75, 3.05) is 25.0 Å². The van der Waals surface area contributed by atoms with Gasteiger partial charge in [0.05, 0.1) is 5.56 Å². The zero-order valence-corrected chi connectivity index (χ0v) is 12.8. The van der Waals surface area contributed by atoms with Crippen LogP contribution in [0.25, 0.3) is 0 Å². The first kappa shape index (κ1) is 15.6. The number of anilines is 1. The molecule has 0 saturated carbocycles. The Hall–Kier alpha value is -1.81. The number of nitrogens with zero attached hydrogens (tertiary/aromatic N) is 1. The summed E-state index contributed by atoms with van der Waals surface area (Å²) in [6.07, 6.45) is 4.52. The Morgan fingerprint density at radius 1 is 1.29 bits per heavy atom. The van der Waals surface area contributed by atoms with E-state index in [-0.39, 0.29) is 0 Å². The van der Waals surface area contributed by atoms with Gasteiger partial charge in [-0.05, 0) is 51.0 Å². The lowest BCUT2D eigenvalue weighted by molar-refractivity contribution is 0.0697. The normalized spacial score (nSPS) is 16.5. The Bertz CT molecular complexity index is 496. The first-order chi connectivity index (χ1) is 10.0. The van der Waals surface area contributed by atoms with Crippen LogP contribution in [0.1, 0.15) is 37.0 Å². The molecule has 4 nitrogen and oxygen atoms in total. The van der Waals surface area contributed by atoms with Crippen LogP contribution in [0.15, 0.2) is 35.9 Å². The maximum absolute atomic E-state index is 10.8. The van der Waals surface area contributed by atoms with Crippen LogP contribution in [0.5, 0.6) is 0 Å². The van der Waals surface area contributed by atoms with Crippen molar-refractivity contribution in [2.45, 2.75) is 32.7 Å². The molecule has 0 unspecified atom stereocenters. The molecule has 1 aliphatic heterocycles. The molecule has 0 aliphatic carbocycles. The SMILES string of the molecule is CC(C)=CCN1CCC(Nc2ccc(C(=O)O)cc2)CC1. The van der Waals surface area contributed by atoms with Crippen molar-refractivity contribution < 1.29 is 9.90 Å². The molecule has 0 spiro atoms. The molecule has 2 N–H and O–H groups in total. The number of carboxylic acids is 1. The van der Waals surface area contributed by atoms with Crippen molar-refractivity contribution in [3.63, 3.8) is 0 Å². The zero-order chi connectivity index (χ0) is 15.2. The molecule has 0 amide bonds. The third-order valence-corrected chi connectivity index (χ3v) is 3.85. The summed E-state index contributed by atoms with van der Waals surface area (Å²) in [5, 5.41) is 12.4. The Kier molecular flexibility index (Phi) is 5.39. The predicted molar refractivity (Wildman–Crippen MR) is 85.9 cm³/mol. The molecule has 4 heteroatoms. The van der Waals surface area contributed by atoms with E-state index in [1.807, 2.05) is 12.1 Å². The van der Waals surface area contributed by atoms with E-state index in [2.05, 4.69) is 30.1 Å². The second-order valence-electron chi connectivity index (χ2n) is 5.88. The van der Waals surface area contributed by atoms with Crippen molar-refractivity contribution in [1.29, 1.82) is 0 Å².